The molecule has 2 aromatic heterocycles. The Morgan fingerprint density at radius 1 is 0.935 bits per heavy atom. The van der Waals surface area contributed by atoms with Gasteiger partial charge in [-0.3, -0.25) is 15.4 Å². The molecule has 1 saturated carbocycles. The topological polar surface area (TPSA) is 50.2 Å². The lowest BCUT2D eigenvalue weighted by molar-refractivity contribution is 0.420. The van der Waals surface area contributed by atoms with Crippen molar-refractivity contribution in [2.75, 3.05) is 0 Å². The third kappa shape index (κ3) is 6.25. The first-order valence-corrected chi connectivity index (χ1v) is 12.2. The second kappa shape index (κ2) is 13.0. The molecule has 0 spiro atoms. The normalized spacial score (nSPS) is 20.4. The standard InChI is InChI=1S/C23H28N4.2C2H6/c1-3-17-11-13-21(25-15-17)22-18-8-6-7-16(2)10-12-19(18)23(27-26-22)20-9-4-5-14-24-20;2*1-2/h4-5,9,11,13-16,18,27H,3,6-8,10,12H2,1-2H3;2*1-2H3. The smallest absolute Gasteiger partial charge is 0.0935 e. The molecule has 4 nitrogen and oxygen atoms in total. The minimum atomic E-state index is 0.329. The molecule has 1 N–H and O–H groups in total. The molecule has 0 aromatic carbocycles. The van der Waals surface area contributed by atoms with Crippen LogP contribution in [-0.2, 0) is 6.42 Å². The molecule has 1 aliphatic carbocycles. The molecule has 0 bridgehead atoms. The van der Waals surface area contributed by atoms with Gasteiger partial charge in [-0.05, 0) is 60.9 Å². The highest BCUT2D eigenvalue weighted by Crippen LogP contribution is 2.37. The highest BCUT2D eigenvalue weighted by molar-refractivity contribution is 6.04. The Morgan fingerprint density at radius 2 is 1.74 bits per heavy atom. The lowest BCUT2D eigenvalue weighted by Crippen LogP contribution is -2.31. The van der Waals surface area contributed by atoms with Gasteiger partial charge < -0.3 is 0 Å². The summed E-state index contributed by atoms with van der Waals surface area (Å²) >= 11 is 0. The highest BCUT2D eigenvalue weighted by Gasteiger charge is 2.31. The van der Waals surface area contributed by atoms with Gasteiger partial charge in [-0.1, -0.05) is 66.5 Å². The van der Waals surface area contributed by atoms with E-state index in [1.165, 1.54) is 30.4 Å². The number of nitrogens with zero attached hydrogens (tertiary/aromatic N) is 3. The number of rotatable bonds is 3. The van der Waals surface area contributed by atoms with Crippen LogP contribution in [0.1, 0.15) is 90.6 Å². The van der Waals surface area contributed by atoms with E-state index < -0.39 is 0 Å². The van der Waals surface area contributed by atoms with Gasteiger partial charge in [0.15, 0.2) is 0 Å². The van der Waals surface area contributed by atoms with Crippen molar-refractivity contribution < 1.29 is 0 Å². The number of nitrogens with one attached hydrogen (secondary N) is 1. The first-order valence-electron chi connectivity index (χ1n) is 12.2. The molecule has 2 atom stereocenters. The van der Waals surface area contributed by atoms with Gasteiger partial charge in [-0.2, -0.15) is 5.10 Å². The number of aromatic nitrogens is 2. The van der Waals surface area contributed by atoms with E-state index in [1.807, 2.05) is 52.2 Å². The number of hydrazone groups is 1. The number of fused-ring (bicyclic) bond motifs is 1. The molecule has 3 heterocycles. The van der Waals surface area contributed by atoms with Gasteiger partial charge in [0.2, 0.25) is 0 Å². The average molecular weight is 421 g/mol. The van der Waals surface area contributed by atoms with E-state index in [0.29, 0.717) is 5.92 Å². The summed E-state index contributed by atoms with van der Waals surface area (Å²) in [6.07, 6.45) is 10.8. The van der Waals surface area contributed by atoms with Crippen LogP contribution < -0.4 is 5.43 Å². The van der Waals surface area contributed by atoms with E-state index in [9.17, 15) is 0 Å². The summed E-state index contributed by atoms with van der Waals surface area (Å²) < 4.78 is 0. The highest BCUT2D eigenvalue weighted by atomic mass is 15.3. The van der Waals surface area contributed by atoms with Crippen molar-refractivity contribution in [3.8, 4) is 0 Å². The lowest BCUT2D eigenvalue weighted by Gasteiger charge is -2.32. The second-order valence-electron chi connectivity index (χ2n) is 7.76. The molecule has 1 aliphatic heterocycles. The maximum atomic E-state index is 4.79. The number of hydrogen-bond acceptors (Lipinski definition) is 4. The molecule has 0 saturated heterocycles. The zero-order valence-corrected chi connectivity index (χ0v) is 20.3. The molecule has 2 aliphatic rings. The molecule has 1 fully saturated rings. The molecule has 4 heteroatoms. The SMILES string of the molecule is CC.CC.CCc1ccc(C2=NNC(c3ccccn3)=C3CCC(C)CCCC23)nc1. The average Bonchev–Trinajstić information content (AvgIpc) is 2.84. The summed E-state index contributed by atoms with van der Waals surface area (Å²) in [4.78, 5) is 9.30. The molecule has 0 radical (unpaired) electrons. The molecule has 4 rings (SSSR count). The van der Waals surface area contributed by atoms with Crippen LogP contribution in [-0.4, -0.2) is 15.7 Å². The van der Waals surface area contributed by atoms with E-state index in [1.54, 1.807) is 0 Å². The summed E-state index contributed by atoms with van der Waals surface area (Å²) in [7, 11) is 0. The van der Waals surface area contributed by atoms with Crippen molar-refractivity contribution in [1.82, 2.24) is 15.4 Å². The summed E-state index contributed by atoms with van der Waals surface area (Å²) in [5.41, 5.74) is 10.2. The Bertz CT molecular complexity index is 837. The van der Waals surface area contributed by atoms with Crippen molar-refractivity contribution in [2.24, 2.45) is 16.9 Å². The molecule has 0 amide bonds. The Morgan fingerprint density at radius 3 is 2.39 bits per heavy atom. The Balaban J connectivity index is 0.000000807. The van der Waals surface area contributed by atoms with Gasteiger partial charge >= 0.3 is 0 Å². The number of pyridine rings is 2. The minimum absolute atomic E-state index is 0.329. The van der Waals surface area contributed by atoms with Crippen LogP contribution in [0.5, 0.6) is 0 Å². The molecule has 2 unspecified atom stereocenters. The van der Waals surface area contributed by atoms with Crippen LogP contribution >= 0.6 is 0 Å². The summed E-state index contributed by atoms with van der Waals surface area (Å²) in [5.74, 6) is 1.10. The Kier molecular flexibility index (Phi) is 10.4. The molecule has 2 aromatic rings. The van der Waals surface area contributed by atoms with Crippen molar-refractivity contribution in [3.63, 3.8) is 0 Å². The maximum Gasteiger partial charge on any atom is 0.0935 e. The van der Waals surface area contributed by atoms with Gasteiger partial charge in [-0.25, -0.2) is 0 Å². The largest absolute Gasteiger partial charge is 0.276 e. The van der Waals surface area contributed by atoms with Crippen LogP contribution in [0.15, 0.2) is 53.4 Å². The first-order chi connectivity index (χ1) is 15.3. The van der Waals surface area contributed by atoms with Gasteiger partial charge in [0.1, 0.15) is 0 Å². The number of hydrogen-bond donors (Lipinski definition) is 1. The quantitative estimate of drug-likeness (QED) is 0.580. The third-order valence-corrected chi connectivity index (χ3v) is 5.87. The molecule has 168 valence electrons. The lowest BCUT2D eigenvalue weighted by atomic mass is 9.78. The summed E-state index contributed by atoms with van der Waals surface area (Å²) in [6, 6.07) is 10.4. The van der Waals surface area contributed by atoms with Crippen LogP contribution in [0.3, 0.4) is 0 Å². The number of allylic oxidation sites excluding steroid dienone is 1. The fourth-order valence-electron chi connectivity index (χ4n) is 4.19. The van der Waals surface area contributed by atoms with E-state index in [2.05, 4.69) is 42.5 Å². The van der Waals surface area contributed by atoms with Crippen LogP contribution in [0.25, 0.3) is 5.70 Å². The summed E-state index contributed by atoms with van der Waals surface area (Å²) in [5, 5.41) is 4.79. The van der Waals surface area contributed by atoms with Crippen molar-refractivity contribution in [3.05, 3.63) is 65.2 Å². The minimum Gasteiger partial charge on any atom is -0.276 e. The van der Waals surface area contributed by atoms with Crippen LogP contribution in [0, 0.1) is 11.8 Å². The Labute approximate surface area is 189 Å². The molecular weight excluding hydrogens is 380 g/mol. The molecule has 31 heavy (non-hydrogen) atoms. The second-order valence-corrected chi connectivity index (χ2v) is 7.76. The Hall–Kier alpha value is -2.49. The van der Waals surface area contributed by atoms with Crippen LogP contribution in [0.2, 0.25) is 0 Å². The summed E-state index contributed by atoms with van der Waals surface area (Å²) in [6.45, 7) is 12.5. The van der Waals surface area contributed by atoms with Crippen molar-refractivity contribution >= 4 is 11.4 Å². The van der Waals surface area contributed by atoms with Gasteiger partial charge in [0, 0.05) is 18.3 Å². The zero-order chi connectivity index (χ0) is 22.6. The predicted molar refractivity (Wildman–Crippen MR) is 133 cm³/mol. The number of aryl methyl sites for hydroxylation is 1. The van der Waals surface area contributed by atoms with Gasteiger partial charge in [0.05, 0.1) is 22.8 Å². The van der Waals surface area contributed by atoms with Crippen molar-refractivity contribution in [2.45, 2.75) is 80.1 Å². The monoisotopic (exact) mass is 420 g/mol. The van der Waals surface area contributed by atoms with Gasteiger partial charge in [0.25, 0.3) is 0 Å². The fraction of sp³-hybridized carbons (Fsp3) is 0.519. The van der Waals surface area contributed by atoms with E-state index in [0.717, 1.165) is 48.0 Å². The van der Waals surface area contributed by atoms with E-state index >= 15 is 0 Å². The van der Waals surface area contributed by atoms with Crippen LogP contribution in [0.4, 0.5) is 0 Å². The first kappa shape index (κ1) is 24.8. The third-order valence-electron chi connectivity index (χ3n) is 5.87. The fourth-order valence-corrected chi connectivity index (χ4v) is 4.19. The maximum absolute atomic E-state index is 4.79. The predicted octanol–water partition coefficient (Wildman–Crippen LogP) is 7.03. The van der Waals surface area contributed by atoms with Crippen molar-refractivity contribution in [1.29, 1.82) is 0 Å². The van der Waals surface area contributed by atoms with E-state index in [4.69, 9.17) is 10.1 Å². The zero-order valence-electron chi connectivity index (χ0n) is 20.3. The van der Waals surface area contributed by atoms with E-state index in [-0.39, 0.29) is 0 Å². The molecular formula is C27H40N4. The van der Waals surface area contributed by atoms with Gasteiger partial charge in [-0.15, -0.1) is 0 Å².